The van der Waals surface area contributed by atoms with E-state index >= 15 is 0 Å². The van der Waals surface area contributed by atoms with E-state index in [2.05, 4.69) is 5.32 Å². The smallest absolute Gasteiger partial charge is 0.416 e. The van der Waals surface area contributed by atoms with Crippen LogP contribution in [0, 0.1) is 11.3 Å². The van der Waals surface area contributed by atoms with Gasteiger partial charge in [0, 0.05) is 5.25 Å². The molecule has 0 fully saturated rings. The van der Waals surface area contributed by atoms with Crippen LogP contribution in [0.25, 0.3) is 0 Å². The molecule has 1 aromatic rings. The lowest BCUT2D eigenvalue weighted by atomic mass is 9.86. The quantitative estimate of drug-likeness (QED) is 0.509. The van der Waals surface area contributed by atoms with Gasteiger partial charge in [0.25, 0.3) is 5.91 Å². The number of thioether (sulfide) groups is 1. The van der Waals surface area contributed by atoms with Crippen LogP contribution in [0.3, 0.4) is 0 Å². The van der Waals surface area contributed by atoms with E-state index in [1.807, 2.05) is 19.1 Å². The molecule has 3 rings (SSSR count). The molecule has 0 aromatic heterocycles. The number of benzene rings is 1. The molecule has 0 bridgehead atoms. The average molecular weight is 496 g/mol. The molecule has 1 amide bonds. The molecule has 3 atom stereocenters. The van der Waals surface area contributed by atoms with E-state index in [4.69, 9.17) is 4.74 Å². The number of nitrogens with one attached hydrogen (secondary N) is 1. The van der Waals surface area contributed by atoms with Gasteiger partial charge in [0.1, 0.15) is 18.4 Å². The lowest BCUT2D eigenvalue weighted by Crippen LogP contribution is -2.49. The van der Waals surface area contributed by atoms with E-state index in [0.29, 0.717) is 11.3 Å². The van der Waals surface area contributed by atoms with Crippen molar-refractivity contribution in [3.05, 3.63) is 69.9 Å². The first-order chi connectivity index (χ1) is 15.8. The zero-order valence-electron chi connectivity index (χ0n) is 19.4. The molecule has 34 heavy (non-hydrogen) atoms. The molecule has 1 heterocycles. The van der Waals surface area contributed by atoms with Crippen LogP contribution in [0.4, 0.5) is 13.2 Å². The average Bonchev–Trinajstić information content (AvgIpc) is 3.18. The Kier molecular flexibility index (Phi) is 7.55. The van der Waals surface area contributed by atoms with Gasteiger partial charge in [-0.1, -0.05) is 52.0 Å². The largest absolute Gasteiger partial charge is 0.492 e. The second-order valence-electron chi connectivity index (χ2n) is 9.33. The van der Waals surface area contributed by atoms with Crippen molar-refractivity contribution in [2.75, 3.05) is 0 Å². The number of carbonyl (C=O) groups is 2. The van der Waals surface area contributed by atoms with E-state index in [0.717, 1.165) is 23.5 Å². The minimum atomic E-state index is -4.43. The number of ether oxygens (including phenoxy) is 1. The lowest BCUT2D eigenvalue weighted by Gasteiger charge is -2.30. The summed E-state index contributed by atoms with van der Waals surface area (Å²) in [5, 5.41) is 12.2. The molecule has 1 aliphatic heterocycles. The molecule has 2 aliphatic rings. The maximum atomic E-state index is 13.2. The highest BCUT2D eigenvalue weighted by Crippen LogP contribution is 2.46. The molecule has 0 saturated heterocycles. The number of halogens is 3. The van der Waals surface area contributed by atoms with E-state index in [-0.39, 0.29) is 23.3 Å². The number of hydrogen-bond donors (Lipinski definition) is 2. The summed E-state index contributed by atoms with van der Waals surface area (Å²) in [7, 11) is 0. The van der Waals surface area contributed by atoms with Crippen LogP contribution in [-0.2, 0) is 27.1 Å². The van der Waals surface area contributed by atoms with E-state index in [9.17, 15) is 27.9 Å². The molecule has 0 radical (unpaired) electrons. The van der Waals surface area contributed by atoms with Gasteiger partial charge in [-0.05, 0) is 40.5 Å². The number of rotatable bonds is 7. The molecular formula is C25H28F3NO4S. The van der Waals surface area contributed by atoms with Gasteiger partial charge < -0.3 is 15.2 Å². The first kappa shape index (κ1) is 25.9. The van der Waals surface area contributed by atoms with Crippen LogP contribution in [0.2, 0.25) is 0 Å². The van der Waals surface area contributed by atoms with Gasteiger partial charge in [-0.3, -0.25) is 4.79 Å². The summed E-state index contributed by atoms with van der Waals surface area (Å²) in [5.74, 6) is -1.55. The van der Waals surface area contributed by atoms with Gasteiger partial charge in [-0.15, -0.1) is 11.8 Å². The van der Waals surface area contributed by atoms with Crippen molar-refractivity contribution < 1.29 is 32.6 Å². The minimum absolute atomic E-state index is 0.0249. The third kappa shape index (κ3) is 5.87. The van der Waals surface area contributed by atoms with Gasteiger partial charge in [-0.25, -0.2) is 4.79 Å². The van der Waals surface area contributed by atoms with Crippen LogP contribution in [0.1, 0.15) is 45.2 Å². The number of amides is 1. The number of carboxylic acids is 1. The Morgan fingerprint density at radius 2 is 1.82 bits per heavy atom. The van der Waals surface area contributed by atoms with Gasteiger partial charge >= 0.3 is 12.1 Å². The minimum Gasteiger partial charge on any atom is -0.492 e. The molecule has 184 valence electrons. The second-order valence-corrected chi connectivity index (χ2v) is 10.6. The Bertz CT molecular complexity index is 1040. The van der Waals surface area contributed by atoms with Crippen molar-refractivity contribution in [2.24, 2.45) is 11.3 Å². The zero-order valence-corrected chi connectivity index (χ0v) is 20.2. The summed E-state index contributed by atoms with van der Waals surface area (Å²) in [4.78, 5) is 26.1. The number of aliphatic carboxylic acids is 1. The monoisotopic (exact) mass is 495 g/mol. The molecular weight excluding hydrogens is 467 g/mol. The highest BCUT2D eigenvalue weighted by molar-refractivity contribution is 8.04. The van der Waals surface area contributed by atoms with Crippen LogP contribution < -0.4 is 5.32 Å². The Hall–Kier alpha value is -2.68. The fourth-order valence-corrected chi connectivity index (χ4v) is 5.04. The summed E-state index contributed by atoms with van der Waals surface area (Å²) in [5.41, 5.74) is -0.726. The summed E-state index contributed by atoms with van der Waals surface area (Å²) in [6.07, 6.45) is 1.97. The number of allylic oxidation sites excluding steroid dienone is 2. The first-order valence-corrected chi connectivity index (χ1v) is 11.8. The maximum absolute atomic E-state index is 13.2. The van der Waals surface area contributed by atoms with Gasteiger partial charge in [0.15, 0.2) is 0 Å². The number of hydrogen-bond acceptors (Lipinski definition) is 4. The lowest BCUT2D eigenvalue weighted by molar-refractivity contribution is -0.144. The topological polar surface area (TPSA) is 75.6 Å². The maximum Gasteiger partial charge on any atom is 0.416 e. The van der Waals surface area contributed by atoms with E-state index < -0.39 is 35.1 Å². The molecule has 1 aromatic carbocycles. The predicted octanol–water partition coefficient (Wildman–Crippen LogP) is 5.69. The molecule has 1 aliphatic carbocycles. The van der Waals surface area contributed by atoms with E-state index in [1.165, 1.54) is 12.1 Å². The highest BCUT2D eigenvalue weighted by atomic mass is 32.2. The summed E-state index contributed by atoms with van der Waals surface area (Å²) in [6, 6.07) is 3.55. The van der Waals surface area contributed by atoms with Crippen LogP contribution in [0.5, 0.6) is 0 Å². The van der Waals surface area contributed by atoms with Gasteiger partial charge in [-0.2, -0.15) is 13.2 Å². The number of carboxylic acid groups (broad SMARTS) is 1. The van der Waals surface area contributed by atoms with Crippen molar-refractivity contribution in [3.8, 4) is 0 Å². The zero-order chi connectivity index (χ0) is 25.3. The van der Waals surface area contributed by atoms with Crippen LogP contribution >= 0.6 is 11.8 Å². The number of alkyl halides is 3. The molecule has 0 saturated carbocycles. The predicted molar refractivity (Wildman–Crippen MR) is 125 cm³/mol. The second kappa shape index (κ2) is 9.90. The van der Waals surface area contributed by atoms with Crippen molar-refractivity contribution in [1.29, 1.82) is 0 Å². The van der Waals surface area contributed by atoms with Crippen LogP contribution in [0.15, 0.2) is 58.7 Å². The third-order valence-electron chi connectivity index (χ3n) is 5.68. The van der Waals surface area contributed by atoms with E-state index in [1.54, 1.807) is 38.6 Å². The molecule has 5 nitrogen and oxygen atoms in total. The Morgan fingerprint density at radius 3 is 2.35 bits per heavy atom. The van der Waals surface area contributed by atoms with Crippen molar-refractivity contribution in [1.82, 2.24) is 5.32 Å². The SMILES string of the molecule is CCC1=CC2C(OCc3ccc(C(F)(F)F)cc3)=C(C(=O)N[C@H](C(=O)O)C(C)(C)C)C=CC2S1. The fraction of sp³-hybridized carbons (Fsp3) is 0.440. The van der Waals surface area contributed by atoms with Crippen LogP contribution in [-0.4, -0.2) is 28.3 Å². The molecule has 9 heteroatoms. The van der Waals surface area contributed by atoms with Crippen molar-refractivity contribution in [2.45, 2.75) is 58.2 Å². The summed E-state index contributed by atoms with van der Waals surface area (Å²) >= 11 is 1.67. The molecule has 2 N–H and O–H groups in total. The summed E-state index contributed by atoms with van der Waals surface area (Å²) < 4.78 is 44.6. The Labute approximate surface area is 201 Å². The standard InChI is InChI=1S/C25H28F3NO4S/c1-5-16-12-18-19(34-16)11-10-17(22(30)29-21(23(31)32)24(2,3)4)20(18)33-13-14-6-8-15(9-7-14)25(26,27)28/h6-12,18-19,21H,5,13H2,1-4H3,(H,29,30)(H,31,32)/t18?,19?,21-/m1/s1. The highest BCUT2D eigenvalue weighted by Gasteiger charge is 2.38. The van der Waals surface area contributed by atoms with Gasteiger partial charge in [0.2, 0.25) is 0 Å². The number of carbonyl (C=O) groups excluding carboxylic acids is 1. The van der Waals surface area contributed by atoms with Gasteiger partial charge in [0.05, 0.1) is 17.1 Å². The Balaban J connectivity index is 1.89. The fourth-order valence-electron chi connectivity index (χ4n) is 3.79. The molecule has 2 unspecified atom stereocenters. The molecule has 0 spiro atoms. The normalized spacial score (nSPS) is 21.1. The Morgan fingerprint density at radius 1 is 1.18 bits per heavy atom. The third-order valence-corrected chi connectivity index (χ3v) is 7.13. The summed E-state index contributed by atoms with van der Waals surface area (Å²) in [6.45, 7) is 7.17. The first-order valence-electron chi connectivity index (χ1n) is 10.9. The number of fused-ring (bicyclic) bond motifs is 1. The van der Waals surface area contributed by atoms with Crippen molar-refractivity contribution >= 4 is 23.6 Å². The van der Waals surface area contributed by atoms with Crippen molar-refractivity contribution in [3.63, 3.8) is 0 Å².